The Morgan fingerprint density at radius 3 is 1.81 bits per heavy atom. The van der Waals surface area contributed by atoms with Crippen LogP contribution in [0.15, 0.2) is 6.07 Å². The molecule has 0 heterocycles. The van der Waals surface area contributed by atoms with Gasteiger partial charge in [0.25, 0.3) is 0 Å². The van der Waals surface area contributed by atoms with Gasteiger partial charge in [-0.1, -0.05) is 19.9 Å². The van der Waals surface area contributed by atoms with Crippen molar-refractivity contribution in [3.05, 3.63) is 33.9 Å². The molecule has 16 heavy (non-hydrogen) atoms. The van der Waals surface area contributed by atoms with Crippen molar-refractivity contribution in [2.75, 3.05) is 6.54 Å². The standard InChI is InChI=1S/C15H25N/c1-10-7-11(2)13(4)14(12(10)3)8-15(5,6)9-16/h7H,8-9,16H2,1-6H3. The molecule has 1 aromatic rings. The van der Waals surface area contributed by atoms with Crippen molar-refractivity contribution in [3.63, 3.8) is 0 Å². The van der Waals surface area contributed by atoms with E-state index in [1.54, 1.807) is 0 Å². The first-order chi connectivity index (χ1) is 7.28. The van der Waals surface area contributed by atoms with E-state index >= 15 is 0 Å². The Morgan fingerprint density at radius 1 is 1.00 bits per heavy atom. The second kappa shape index (κ2) is 4.58. The van der Waals surface area contributed by atoms with Gasteiger partial charge in [-0.05, 0) is 73.9 Å². The summed E-state index contributed by atoms with van der Waals surface area (Å²) in [5.41, 5.74) is 13.2. The highest BCUT2D eigenvalue weighted by atomic mass is 14.6. The predicted molar refractivity (Wildman–Crippen MR) is 71.9 cm³/mol. The molecule has 1 rings (SSSR count). The fourth-order valence-electron chi connectivity index (χ4n) is 2.11. The molecule has 0 bridgehead atoms. The van der Waals surface area contributed by atoms with Crippen LogP contribution in [0.5, 0.6) is 0 Å². The molecule has 0 aliphatic heterocycles. The Kier molecular flexibility index (Phi) is 3.80. The van der Waals surface area contributed by atoms with Crippen LogP contribution in [0.4, 0.5) is 0 Å². The smallest absolute Gasteiger partial charge is 0.00226 e. The van der Waals surface area contributed by atoms with Crippen molar-refractivity contribution in [1.29, 1.82) is 0 Å². The van der Waals surface area contributed by atoms with E-state index in [0.717, 1.165) is 13.0 Å². The average molecular weight is 219 g/mol. The molecular formula is C15H25N. The second-order valence-corrected chi connectivity index (χ2v) is 5.78. The van der Waals surface area contributed by atoms with E-state index in [1.807, 2.05) is 0 Å². The summed E-state index contributed by atoms with van der Waals surface area (Å²) in [6.45, 7) is 14.1. The number of aryl methyl sites for hydroxylation is 2. The molecule has 1 heteroatoms. The van der Waals surface area contributed by atoms with Crippen LogP contribution in [-0.4, -0.2) is 6.54 Å². The van der Waals surface area contributed by atoms with Gasteiger partial charge in [0.05, 0.1) is 0 Å². The molecule has 0 atom stereocenters. The summed E-state index contributed by atoms with van der Waals surface area (Å²) in [5, 5.41) is 0. The summed E-state index contributed by atoms with van der Waals surface area (Å²) >= 11 is 0. The van der Waals surface area contributed by atoms with Gasteiger partial charge in [0, 0.05) is 0 Å². The van der Waals surface area contributed by atoms with Crippen LogP contribution in [0.1, 0.15) is 41.7 Å². The lowest BCUT2D eigenvalue weighted by atomic mass is 9.81. The molecule has 90 valence electrons. The third-order valence-electron chi connectivity index (χ3n) is 3.73. The van der Waals surface area contributed by atoms with Crippen LogP contribution >= 0.6 is 0 Å². The minimum Gasteiger partial charge on any atom is -0.330 e. The van der Waals surface area contributed by atoms with E-state index in [0.29, 0.717) is 0 Å². The Labute approximate surface area is 100 Å². The van der Waals surface area contributed by atoms with E-state index < -0.39 is 0 Å². The predicted octanol–water partition coefficient (Wildman–Crippen LogP) is 3.45. The third kappa shape index (κ3) is 2.65. The van der Waals surface area contributed by atoms with Crippen LogP contribution in [0.3, 0.4) is 0 Å². The van der Waals surface area contributed by atoms with Crippen LogP contribution in [0, 0.1) is 33.1 Å². The molecule has 0 fully saturated rings. The van der Waals surface area contributed by atoms with Crippen LogP contribution in [0.2, 0.25) is 0 Å². The van der Waals surface area contributed by atoms with Gasteiger partial charge < -0.3 is 5.73 Å². The van der Waals surface area contributed by atoms with E-state index in [9.17, 15) is 0 Å². The number of rotatable bonds is 3. The van der Waals surface area contributed by atoms with E-state index in [-0.39, 0.29) is 5.41 Å². The molecule has 0 aliphatic rings. The summed E-state index contributed by atoms with van der Waals surface area (Å²) in [7, 11) is 0. The summed E-state index contributed by atoms with van der Waals surface area (Å²) in [6.07, 6.45) is 1.07. The maximum Gasteiger partial charge on any atom is -0.00226 e. The maximum atomic E-state index is 5.83. The Bertz CT molecular complexity index is 363. The quantitative estimate of drug-likeness (QED) is 0.828. The zero-order chi connectivity index (χ0) is 12.5. The Balaban J connectivity index is 3.23. The normalized spacial score (nSPS) is 11.9. The zero-order valence-electron chi connectivity index (χ0n) is 11.6. The van der Waals surface area contributed by atoms with Gasteiger partial charge in [0.1, 0.15) is 0 Å². The molecule has 0 spiro atoms. The van der Waals surface area contributed by atoms with Gasteiger partial charge in [0.2, 0.25) is 0 Å². The molecule has 1 aromatic carbocycles. The van der Waals surface area contributed by atoms with Gasteiger partial charge >= 0.3 is 0 Å². The molecule has 0 amide bonds. The third-order valence-corrected chi connectivity index (χ3v) is 3.73. The molecule has 0 saturated heterocycles. The molecular weight excluding hydrogens is 194 g/mol. The summed E-state index contributed by atoms with van der Waals surface area (Å²) in [5.74, 6) is 0. The van der Waals surface area contributed by atoms with E-state index in [1.165, 1.54) is 27.8 Å². The van der Waals surface area contributed by atoms with E-state index in [2.05, 4.69) is 47.6 Å². The van der Waals surface area contributed by atoms with Crippen molar-refractivity contribution in [2.24, 2.45) is 11.1 Å². The first-order valence-electron chi connectivity index (χ1n) is 6.05. The maximum absolute atomic E-state index is 5.83. The topological polar surface area (TPSA) is 26.0 Å². The van der Waals surface area contributed by atoms with Crippen LogP contribution in [0.25, 0.3) is 0 Å². The largest absolute Gasteiger partial charge is 0.330 e. The van der Waals surface area contributed by atoms with Gasteiger partial charge in [-0.2, -0.15) is 0 Å². The molecule has 1 nitrogen and oxygen atoms in total. The van der Waals surface area contributed by atoms with Gasteiger partial charge in [-0.15, -0.1) is 0 Å². The molecule has 0 aliphatic carbocycles. The van der Waals surface area contributed by atoms with Crippen LogP contribution < -0.4 is 5.73 Å². The van der Waals surface area contributed by atoms with Crippen molar-refractivity contribution in [2.45, 2.75) is 48.0 Å². The molecule has 0 saturated carbocycles. The highest BCUT2D eigenvalue weighted by molar-refractivity contribution is 5.44. The number of hydrogen-bond acceptors (Lipinski definition) is 1. The van der Waals surface area contributed by atoms with Gasteiger partial charge in [-0.25, -0.2) is 0 Å². The molecule has 0 aromatic heterocycles. The summed E-state index contributed by atoms with van der Waals surface area (Å²) in [4.78, 5) is 0. The average Bonchev–Trinajstić information content (AvgIpc) is 2.22. The van der Waals surface area contributed by atoms with Crippen molar-refractivity contribution in [3.8, 4) is 0 Å². The van der Waals surface area contributed by atoms with Crippen molar-refractivity contribution >= 4 is 0 Å². The van der Waals surface area contributed by atoms with E-state index in [4.69, 9.17) is 5.73 Å². The number of hydrogen-bond donors (Lipinski definition) is 1. The minimum atomic E-state index is 0.190. The SMILES string of the molecule is Cc1cc(C)c(C)c(CC(C)(C)CN)c1C. The zero-order valence-corrected chi connectivity index (χ0v) is 11.6. The Morgan fingerprint density at radius 2 is 1.44 bits per heavy atom. The fourth-order valence-corrected chi connectivity index (χ4v) is 2.11. The fraction of sp³-hybridized carbons (Fsp3) is 0.600. The molecule has 0 unspecified atom stereocenters. The minimum absolute atomic E-state index is 0.190. The summed E-state index contributed by atoms with van der Waals surface area (Å²) < 4.78 is 0. The summed E-state index contributed by atoms with van der Waals surface area (Å²) in [6, 6.07) is 2.28. The highest BCUT2D eigenvalue weighted by Gasteiger charge is 2.19. The van der Waals surface area contributed by atoms with Gasteiger partial charge in [0.15, 0.2) is 0 Å². The monoisotopic (exact) mass is 219 g/mol. The van der Waals surface area contributed by atoms with Gasteiger partial charge in [-0.3, -0.25) is 0 Å². The molecule has 2 N–H and O–H groups in total. The lowest BCUT2D eigenvalue weighted by Crippen LogP contribution is -2.26. The van der Waals surface area contributed by atoms with Crippen molar-refractivity contribution < 1.29 is 0 Å². The second-order valence-electron chi connectivity index (χ2n) is 5.78. The molecule has 0 radical (unpaired) electrons. The number of benzene rings is 1. The first-order valence-corrected chi connectivity index (χ1v) is 6.05. The van der Waals surface area contributed by atoms with Crippen molar-refractivity contribution in [1.82, 2.24) is 0 Å². The highest BCUT2D eigenvalue weighted by Crippen LogP contribution is 2.28. The Hall–Kier alpha value is -0.820. The number of nitrogens with two attached hydrogens (primary N) is 1. The first kappa shape index (κ1) is 13.2. The van der Waals surface area contributed by atoms with Crippen LogP contribution in [-0.2, 0) is 6.42 Å². The lowest BCUT2D eigenvalue weighted by Gasteiger charge is -2.26. The lowest BCUT2D eigenvalue weighted by molar-refractivity contribution is 0.375.